The van der Waals surface area contributed by atoms with Gasteiger partial charge in [0.2, 0.25) is 0 Å². The molecule has 1 fully saturated rings. The largest absolute Gasteiger partial charge is 0.496 e. The summed E-state index contributed by atoms with van der Waals surface area (Å²) in [6.07, 6.45) is 3.52. The monoisotopic (exact) mass is 310 g/mol. The molecule has 1 saturated heterocycles. The Bertz CT molecular complexity index is 493. The van der Waals surface area contributed by atoms with Crippen LogP contribution in [0, 0.1) is 5.92 Å². The molecule has 0 bridgehead atoms. The van der Waals surface area contributed by atoms with Gasteiger partial charge in [-0.3, -0.25) is 4.79 Å². The van der Waals surface area contributed by atoms with Crippen molar-refractivity contribution in [2.45, 2.75) is 19.3 Å². The van der Waals surface area contributed by atoms with E-state index in [0.717, 1.165) is 13.0 Å². The van der Waals surface area contributed by atoms with Gasteiger partial charge in [-0.05, 0) is 57.0 Å². The van der Waals surface area contributed by atoms with Crippen LogP contribution in [0.1, 0.15) is 29.6 Å². The van der Waals surface area contributed by atoms with E-state index in [1.54, 1.807) is 25.3 Å². The summed E-state index contributed by atoms with van der Waals surface area (Å²) in [6, 6.07) is 5.06. The van der Waals surface area contributed by atoms with Gasteiger partial charge in [-0.1, -0.05) is 11.6 Å². The molecule has 0 unspecified atom stereocenters. The van der Waals surface area contributed by atoms with Crippen LogP contribution in [0.4, 0.5) is 0 Å². The summed E-state index contributed by atoms with van der Waals surface area (Å²) in [7, 11) is 3.70. The molecular formula is C16H23ClN2O2. The van der Waals surface area contributed by atoms with Crippen LogP contribution in [0.15, 0.2) is 18.2 Å². The van der Waals surface area contributed by atoms with E-state index in [1.807, 2.05) is 0 Å². The van der Waals surface area contributed by atoms with Crippen LogP contribution in [0.3, 0.4) is 0 Å². The van der Waals surface area contributed by atoms with Crippen molar-refractivity contribution >= 4 is 17.5 Å². The zero-order chi connectivity index (χ0) is 15.2. The molecule has 0 radical (unpaired) electrons. The maximum absolute atomic E-state index is 12.2. The minimum absolute atomic E-state index is 0.104. The first-order valence-electron chi connectivity index (χ1n) is 7.40. The number of hydrogen-bond donors (Lipinski definition) is 1. The van der Waals surface area contributed by atoms with Gasteiger partial charge >= 0.3 is 0 Å². The minimum Gasteiger partial charge on any atom is -0.496 e. The van der Waals surface area contributed by atoms with Gasteiger partial charge in [-0.2, -0.15) is 0 Å². The number of carbonyl (C=O) groups excluding carboxylic acids is 1. The lowest BCUT2D eigenvalue weighted by molar-refractivity contribution is 0.0945. The van der Waals surface area contributed by atoms with E-state index in [4.69, 9.17) is 16.3 Å². The molecule has 1 aliphatic heterocycles. The van der Waals surface area contributed by atoms with Crippen LogP contribution in [-0.4, -0.2) is 44.6 Å². The predicted molar refractivity (Wildman–Crippen MR) is 85.2 cm³/mol. The molecule has 5 heteroatoms. The van der Waals surface area contributed by atoms with Crippen molar-refractivity contribution in [3.63, 3.8) is 0 Å². The Kier molecular flexibility index (Phi) is 5.88. The number of hydrogen-bond acceptors (Lipinski definition) is 3. The third kappa shape index (κ3) is 4.61. The van der Waals surface area contributed by atoms with Crippen LogP contribution < -0.4 is 10.1 Å². The number of likely N-dealkylation sites (tertiary alicyclic amines) is 1. The molecule has 0 spiro atoms. The highest BCUT2D eigenvalue weighted by Crippen LogP contribution is 2.23. The second-order valence-electron chi connectivity index (χ2n) is 5.66. The maximum atomic E-state index is 12.2. The lowest BCUT2D eigenvalue weighted by Gasteiger charge is -2.29. The molecule has 1 heterocycles. The van der Waals surface area contributed by atoms with E-state index in [-0.39, 0.29) is 5.91 Å². The quantitative estimate of drug-likeness (QED) is 0.909. The highest BCUT2D eigenvalue weighted by Gasteiger charge is 2.18. The van der Waals surface area contributed by atoms with Crippen molar-refractivity contribution in [1.29, 1.82) is 0 Å². The van der Waals surface area contributed by atoms with Crippen molar-refractivity contribution in [2.24, 2.45) is 5.92 Å². The molecule has 1 atom stereocenters. The zero-order valence-corrected chi connectivity index (χ0v) is 13.4. The fourth-order valence-electron chi connectivity index (χ4n) is 2.85. The second kappa shape index (κ2) is 7.66. The molecule has 4 nitrogen and oxygen atoms in total. The van der Waals surface area contributed by atoms with Gasteiger partial charge in [0.25, 0.3) is 5.91 Å². The lowest BCUT2D eigenvalue weighted by Crippen LogP contribution is -2.34. The number of carbonyl (C=O) groups is 1. The lowest BCUT2D eigenvalue weighted by atomic mass is 9.95. The molecule has 0 aromatic heterocycles. The fourth-order valence-corrected chi connectivity index (χ4v) is 3.01. The summed E-state index contributed by atoms with van der Waals surface area (Å²) in [4.78, 5) is 14.6. The first-order valence-corrected chi connectivity index (χ1v) is 7.78. The summed E-state index contributed by atoms with van der Waals surface area (Å²) < 4.78 is 5.21. The van der Waals surface area contributed by atoms with E-state index in [9.17, 15) is 4.79 Å². The van der Waals surface area contributed by atoms with Gasteiger partial charge in [0.1, 0.15) is 5.75 Å². The predicted octanol–water partition coefficient (Wildman–Crippen LogP) is 2.81. The Hall–Kier alpha value is -1.26. The first-order chi connectivity index (χ1) is 10.1. The first kappa shape index (κ1) is 16.1. The number of piperidine rings is 1. The standard InChI is InChI=1S/C16H23ClN2O2/c1-19-9-3-4-12(11-19)7-8-18-16(20)14-6-5-13(17)10-15(14)21-2/h5-6,10,12H,3-4,7-9,11H2,1-2H3,(H,18,20)/t12-/m0/s1. The van der Waals surface area contributed by atoms with Crippen LogP contribution in [0.2, 0.25) is 5.02 Å². The Labute approximate surface area is 131 Å². The van der Waals surface area contributed by atoms with Gasteiger partial charge in [0.15, 0.2) is 0 Å². The second-order valence-corrected chi connectivity index (χ2v) is 6.10. The van der Waals surface area contributed by atoms with Crippen molar-refractivity contribution < 1.29 is 9.53 Å². The number of benzene rings is 1. The van der Waals surface area contributed by atoms with E-state index < -0.39 is 0 Å². The molecule has 1 aromatic rings. The highest BCUT2D eigenvalue weighted by atomic mass is 35.5. The number of rotatable bonds is 5. The Morgan fingerprint density at radius 3 is 3.05 bits per heavy atom. The maximum Gasteiger partial charge on any atom is 0.255 e. The SMILES string of the molecule is COc1cc(Cl)ccc1C(=O)NCC[C@@H]1CCCN(C)C1. The Morgan fingerprint density at radius 2 is 2.33 bits per heavy atom. The van der Waals surface area contributed by atoms with Crippen molar-refractivity contribution in [3.8, 4) is 5.75 Å². The Balaban J connectivity index is 1.84. The number of methoxy groups -OCH3 is 1. The van der Waals surface area contributed by atoms with E-state index in [0.29, 0.717) is 28.8 Å². The molecule has 116 valence electrons. The van der Waals surface area contributed by atoms with Crippen LogP contribution in [0.5, 0.6) is 5.75 Å². The molecule has 1 aromatic carbocycles. The zero-order valence-electron chi connectivity index (χ0n) is 12.7. The van der Waals surface area contributed by atoms with Crippen LogP contribution in [-0.2, 0) is 0 Å². The molecular weight excluding hydrogens is 288 g/mol. The van der Waals surface area contributed by atoms with Gasteiger partial charge in [-0.15, -0.1) is 0 Å². The number of amides is 1. The number of nitrogens with one attached hydrogen (secondary N) is 1. The third-order valence-corrected chi connectivity index (χ3v) is 4.20. The summed E-state index contributed by atoms with van der Waals surface area (Å²) in [5.74, 6) is 1.08. The molecule has 1 amide bonds. The minimum atomic E-state index is -0.104. The van der Waals surface area contributed by atoms with Crippen molar-refractivity contribution in [1.82, 2.24) is 10.2 Å². The van der Waals surface area contributed by atoms with Gasteiger partial charge in [0, 0.05) is 18.1 Å². The third-order valence-electron chi connectivity index (χ3n) is 3.97. The molecule has 1 N–H and O–H groups in total. The highest BCUT2D eigenvalue weighted by molar-refractivity contribution is 6.30. The number of halogens is 1. The molecule has 1 aliphatic rings. The van der Waals surface area contributed by atoms with Gasteiger partial charge in [0.05, 0.1) is 12.7 Å². The normalized spacial score (nSPS) is 19.3. The van der Waals surface area contributed by atoms with E-state index >= 15 is 0 Å². The average molecular weight is 311 g/mol. The summed E-state index contributed by atoms with van der Waals surface area (Å²) >= 11 is 5.90. The topological polar surface area (TPSA) is 41.6 Å². The average Bonchev–Trinajstić information content (AvgIpc) is 2.47. The van der Waals surface area contributed by atoms with Crippen LogP contribution in [0.25, 0.3) is 0 Å². The van der Waals surface area contributed by atoms with E-state index in [2.05, 4.69) is 17.3 Å². The van der Waals surface area contributed by atoms with Crippen LogP contribution >= 0.6 is 11.6 Å². The molecule has 0 saturated carbocycles. The molecule has 0 aliphatic carbocycles. The molecule has 2 rings (SSSR count). The number of nitrogens with zero attached hydrogens (tertiary/aromatic N) is 1. The van der Waals surface area contributed by atoms with Gasteiger partial charge in [-0.25, -0.2) is 0 Å². The summed E-state index contributed by atoms with van der Waals surface area (Å²) in [5.41, 5.74) is 0.530. The van der Waals surface area contributed by atoms with Crippen molar-refractivity contribution in [3.05, 3.63) is 28.8 Å². The fraction of sp³-hybridized carbons (Fsp3) is 0.562. The molecule has 21 heavy (non-hydrogen) atoms. The van der Waals surface area contributed by atoms with E-state index in [1.165, 1.54) is 19.4 Å². The van der Waals surface area contributed by atoms with Crippen molar-refractivity contribution in [2.75, 3.05) is 33.8 Å². The van der Waals surface area contributed by atoms with Gasteiger partial charge < -0.3 is 15.0 Å². The smallest absolute Gasteiger partial charge is 0.255 e. The number of ether oxygens (including phenoxy) is 1. The summed E-state index contributed by atoms with van der Waals surface area (Å²) in [6.45, 7) is 3.01. The Morgan fingerprint density at radius 1 is 1.52 bits per heavy atom. The summed E-state index contributed by atoms with van der Waals surface area (Å²) in [5, 5.41) is 3.54.